The van der Waals surface area contributed by atoms with Crippen LogP contribution in [0, 0.1) is 6.92 Å². The molecule has 0 saturated carbocycles. The maximum absolute atomic E-state index is 12.4. The van der Waals surface area contributed by atoms with E-state index < -0.39 is 0 Å². The Morgan fingerprint density at radius 2 is 1.93 bits per heavy atom. The zero-order chi connectivity index (χ0) is 20.4. The number of nitrogens with zero attached hydrogens (tertiary/aromatic N) is 3. The summed E-state index contributed by atoms with van der Waals surface area (Å²) in [4.78, 5) is 33.2. The molecule has 2 aromatic carbocycles. The van der Waals surface area contributed by atoms with E-state index in [-0.39, 0.29) is 17.2 Å². The SMILES string of the molecule is Cc1ccc(-c2nc(SCC(=O)Nc3ccccc3Cl)n3[nH]c(=O)cc3n2)cc1. The van der Waals surface area contributed by atoms with Crippen LogP contribution in [0.5, 0.6) is 0 Å². The van der Waals surface area contributed by atoms with Gasteiger partial charge in [-0.15, -0.1) is 0 Å². The molecule has 9 heteroatoms. The van der Waals surface area contributed by atoms with E-state index in [1.165, 1.54) is 22.3 Å². The second-order valence-electron chi connectivity index (χ2n) is 6.33. The lowest BCUT2D eigenvalue weighted by atomic mass is 10.1. The fourth-order valence-corrected chi connectivity index (χ4v) is 3.63. The molecule has 1 amide bonds. The first kappa shape index (κ1) is 19.2. The number of aryl methyl sites for hydroxylation is 1. The van der Waals surface area contributed by atoms with Crippen molar-refractivity contribution in [2.45, 2.75) is 12.1 Å². The third kappa shape index (κ3) is 4.33. The van der Waals surface area contributed by atoms with Gasteiger partial charge in [0.25, 0.3) is 5.56 Å². The molecule has 146 valence electrons. The van der Waals surface area contributed by atoms with Crippen molar-refractivity contribution in [1.82, 2.24) is 19.6 Å². The highest BCUT2D eigenvalue weighted by molar-refractivity contribution is 7.99. The van der Waals surface area contributed by atoms with Gasteiger partial charge in [0.05, 0.1) is 16.5 Å². The minimum atomic E-state index is -0.289. The van der Waals surface area contributed by atoms with Gasteiger partial charge in [-0.25, -0.2) is 14.5 Å². The first-order valence-electron chi connectivity index (χ1n) is 8.73. The molecular weight excluding hydrogens is 410 g/mol. The van der Waals surface area contributed by atoms with Crippen LogP contribution in [-0.4, -0.2) is 31.2 Å². The lowest BCUT2D eigenvalue weighted by Crippen LogP contribution is -2.15. The number of nitrogens with one attached hydrogen (secondary N) is 2. The van der Waals surface area contributed by atoms with Crippen molar-refractivity contribution in [3.8, 4) is 11.4 Å². The second kappa shape index (κ2) is 8.10. The summed E-state index contributed by atoms with van der Waals surface area (Å²) in [6.07, 6.45) is 0. The summed E-state index contributed by atoms with van der Waals surface area (Å²) in [6.45, 7) is 2.00. The average Bonchev–Trinajstić information content (AvgIpc) is 3.08. The minimum absolute atomic E-state index is 0.0882. The van der Waals surface area contributed by atoms with Crippen LogP contribution in [0.15, 0.2) is 64.5 Å². The summed E-state index contributed by atoms with van der Waals surface area (Å²) in [5.41, 5.74) is 2.65. The van der Waals surface area contributed by atoms with Crippen LogP contribution < -0.4 is 10.9 Å². The lowest BCUT2D eigenvalue weighted by molar-refractivity contribution is -0.113. The normalized spacial score (nSPS) is 11.0. The fraction of sp³-hybridized carbons (Fsp3) is 0.100. The summed E-state index contributed by atoms with van der Waals surface area (Å²) in [6, 6.07) is 16.2. The molecule has 4 rings (SSSR count). The quantitative estimate of drug-likeness (QED) is 0.475. The van der Waals surface area contributed by atoms with Gasteiger partial charge in [-0.05, 0) is 19.1 Å². The number of para-hydroxylation sites is 1. The van der Waals surface area contributed by atoms with Gasteiger partial charge in [0.1, 0.15) is 0 Å². The molecule has 0 radical (unpaired) electrons. The number of rotatable bonds is 5. The van der Waals surface area contributed by atoms with Crippen LogP contribution in [0.25, 0.3) is 17.0 Å². The first-order valence-corrected chi connectivity index (χ1v) is 10.1. The maximum atomic E-state index is 12.4. The van der Waals surface area contributed by atoms with Gasteiger partial charge >= 0.3 is 0 Å². The number of aromatic amines is 1. The van der Waals surface area contributed by atoms with Crippen molar-refractivity contribution >= 4 is 40.6 Å². The Morgan fingerprint density at radius 3 is 2.69 bits per heavy atom. The van der Waals surface area contributed by atoms with Crippen molar-refractivity contribution in [2.75, 3.05) is 11.1 Å². The minimum Gasteiger partial charge on any atom is -0.324 e. The molecule has 29 heavy (non-hydrogen) atoms. The highest BCUT2D eigenvalue weighted by Gasteiger charge is 2.14. The van der Waals surface area contributed by atoms with E-state index in [0.717, 1.165) is 11.1 Å². The zero-order valence-corrected chi connectivity index (χ0v) is 16.9. The second-order valence-corrected chi connectivity index (χ2v) is 7.68. The third-order valence-corrected chi connectivity index (χ3v) is 5.38. The number of benzene rings is 2. The number of hydrogen-bond donors (Lipinski definition) is 2. The molecule has 4 aromatic rings. The molecule has 0 atom stereocenters. The number of aromatic nitrogens is 4. The van der Waals surface area contributed by atoms with Gasteiger partial charge in [0.15, 0.2) is 16.6 Å². The molecule has 0 saturated heterocycles. The standard InChI is InChI=1S/C20H16ClN5O2S/c1-12-6-8-13(9-7-12)19-23-16-10-17(27)25-26(16)20(24-19)29-11-18(28)22-15-5-3-2-4-14(15)21/h2-10H,11H2,1H3,(H,22,28)(H,25,27). The number of carbonyl (C=O) groups excluding carboxylic acids is 1. The van der Waals surface area contributed by atoms with Crippen molar-refractivity contribution in [2.24, 2.45) is 0 Å². The van der Waals surface area contributed by atoms with Crippen LogP contribution in [0.1, 0.15) is 5.56 Å². The van der Waals surface area contributed by atoms with E-state index in [0.29, 0.717) is 27.3 Å². The number of hydrogen-bond acceptors (Lipinski definition) is 5. The van der Waals surface area contributed by atoms with Crippen LogP contribution >= 0.6 is 23.4 Å². The Kier molecular flexibility index (Phi) is 5.37. The van der Waals surface area contributed by atoms with Gasteiger partial charge in [0.2, 0.25) is 5.91 Å². The van der Waals surface area contributed by atoms with Crippen LogP contribution in [0.4, 0.5) is 5.69 Å². The van der Waals surface area contributed by atoms with Gasteiger partial charge in [-0.3, -0.25) is 14.7 Å². The molecule has 0 bridgehead atoms. The number of anilines is 1. The molecule has 2 aromatic heterocycles. The number of amides is 1. The van der Waals surface area contributed by atoms with Crippen LogP contribution in [-0.2, 0) is 4.79 Å². The van der Waals surface area contributed by atoms with E-state index in [2.05, 4.69) is 20.4 Å². The Labute approximate surface area is 175 Å². The Hall–Kier alpha value is -3.10. The van der Waals surface area contributed by atoms with E-state index in [1.807, 2.05) is 31.2 Å². The number of carbonyl (C=O) groups is 1. The molecule has 2 heterocycles. The fourth-order valence-electron chi connectivity index (χ4n) is 2.69. The molecule has 0 aliphatic rings. The Balaban J connectivity index is 1.60. The number of halogens is 1. The van der Waals surface area contributed by atoms with Gasteiger partial charge in [-0.1, -0.05) is 65.3 Å². The Bertz CT molecular complexity index is 1250. The molecule has 0 spiro atoms. The average molecular weight is 426 g/mol. The summed E-state index contributed by atoms with van der Waals surface area (Å²) in [5.74, 6) is 0.337. The number of H-pyrrole nitrogens is 1. The van der Waals surface area contributed by atoms with E-state index in [1.54, 1.807) is 24.3 Å². The van der Waals surface area contributed by atoms with E-state index in [9.17, 15) is 9.59 Å². The van der Waals surface area contributed by atoms with Crippen molar-refractivity contribution in [1.29, 1.82) is 0 Å². The number of fused-ring (bicyclic) bond motifs is 1. The summed E-state index contributed by atoms with van der Waals surface area (Å²) >= 11 is 7.28. The smallest absolute Gasteiger partial charge is 0.266 e. The molecule has 0 fully saturated rings. The topological polar surface area (TPSA) is 92.2 Å². The summed E-state index contributed by atoms with van der Waals surface area (Å²) in [7, 11) is 0. The Morgan fingerprint density at radius 1 is 1.17 bits per heavy atom. The summed E-state index contributed by atoms with van der Waals surface area (Å²) < 4.78 is 1.48. The monoisotopic (exact) mass is 425 g/mol. The largest absolute Gasteiger partial charge is 0.324 e. The highest BCUT2D eigenvalue weighted by Crippen LogP contribution is 2.23. The van der Waals surface area contributed by atoms with Gasteiger partial charge in [-0.2, -0.15) is 0 Å². The predicted octanol–water partition coefficient (Wildman–Crippen LogP) is 3.78. The molecule has 7 nitrogen and oxygen atoms in total. The maximum Gasteiger partial charge on any atom is 0.266 e. The first-order chi connectivity index (χ1) is 14.0. The van der Waals surface area contributed by atoms with Gasteiger partial charge < -0.3 is 5.32 Å². The molecule has 0 unspecified atom stereocenters. The molecular formula is C20H16ClN5O2S. The number of thioether (sulfide) groups is 1. The lowest BCUT2D eigenvalue weighted by Gasteiger charge is -2.09. The van der Waals surface area contributed by atoms with E-state index in [4.69, 9.17) is 11.6 Å². The summed E-state index contributed by atoms with van der Waals surface area (Å²) in [5, 5.41) is 6.35. The predicted molar refractivity (Wildman–Crippen MR) is 115 cm³/mol. The highest BCUT2D eigenvalue weighted by atomic mass is 35.5. The van der Waals surface area contributed by atoms with E-state index >= 15 is 0 Å². The third-order valence-electron chi connectivity index (χ3n) is 4.11. The molecule has 0 aliphatic heterocycles. The van der Waals surface area contributed by atoms with Crippen LogP contribution in [0.3, 0.4) is 0 Å². The molecule has 2 N–H and O–H groups in total. The molecule has 0 aliphatic carbocycles. The van der Waals surface area contributed by atoms with Crippen molar-refractivity contribution in [3.05, 3.63) is 75.5 Å². The van der Waals surface area contributed by atoms with Crippen molar-refractivity contribution in [3.63, 3.8) is 0 Å². The zero-order valence-electron chi connectivity index (χ0n) is 15.3. The van der Waals surface area contributed by atoms with Gasteiger partial charge in [0, 0.05) is 11.6 Å². The van der Waals surface area contributed by atoms with Crippen LogP contribution in [0.2, 0.25) is 5.02 Å². The van der Waals surface area contributed by atoms with Crippen molar-refractivity contribution < 1.29 is 4.79 Å².